The maximum atomic E-state index is 6.20. The van der Waals surface area contributed by atoms with Crippen molar-refractivity contribution in [2.75, 3.05) is 0 Å². The van der Waals surface area contributed by atoms with E-state index in [-0.39, 0.29) is 12.1 Å². The number of nitrogens with one attached hydrogen (secondary N) is 1. The first-order chi connectivity index (χ1) is 9.51. The quantitative estimate of drug-likeness (QED) is 0.891. The van der Waals surface area contributed by atoms with E-state index in [2.05, 4.69) is 15.5 Å². The van der Waals surface area contributed by atoms with Gasteiger partial charge in [-0.25, -0.2) is 0 Å². The smallest absolute Gasteiger partial charge is 0.243 e. The molecule has 0 aliphatic rings. The van der Waals surface area contributed by atoms with Gasteiger partial charge in [0.25, 0.3) is 0 Å². The maximum Gasteiger partial charge on any atom is 0.243 e. The van der Waals surface area contributed by atoms with Gasteiger partial charge in [-0.3, -0.25) is 5.32 Å². The van der Waals surface area contributed by atoms with E-state index in [1.807, 2.05) is 32.9 Å². The van der Waals surface area contributed by atoms with Crippen LogP contribution in [-0.2, 0) is 6.42 Å². The van der Waals surface area contributed by atoms with Crippen molar-refractivity contribution in [3.05, 3.63) is 45.5 Å². The molecule has 6 heteroatoms. The maximum absolute atomic E-state index is 6.20. The van der Waals surface area contributed by atoms with E-state index in [4.69, 9.17) is 27.7 Å². The molecule has 0 spiro atoms. The number of rotatable bonds is 5. The third kappa shape index (κ3) is 3.51. The van der Waals surface area contributed by atoms with Crippen molar-refractivity contribution >= 4 is 23.2 Å². The third-order valence-corrected chi connectivity index (χ3v) is 3.66. The summed E-state index contributed by atoms with van der Waals surface area (Å²) >= 11 is 12.1. The SMILES string of the molecule is CCc1noc([C@@H](C)N[C@H](C)c2ccc(Cl)cc2Cl)n1. The van der Waals surface area contributed by atoms with Gasteiger partial charge >= 0.3 is 0 Å². The molecule has 1 aromatic heterocycles. The molecule has 0 bridgehead atoms. The molecule has 0 radical (unpaired) electrons. The van der Waals surface area contributed by atoms with Crippen LogP contribution >= 0.6 is 23.2 Å². The molecule has 1 aromatic carbocycles. The first-order valence-electron chi connectivity index (χ1n) is 6.54. The highest BCUT2D eigenvalue weighted by Crippen LogP contribution is 2.27. The molecule has 0 saturated carbocycles. The van der Waals surface area contributed by atoms with Gasteiger partial charge in [-0.2, -0.15) is 4.98 Å². The van der Waals surface area contributed by atoms with Crippen molar-refractivity contribution in [2.24, 2.45) is 0 Å². The van der Waals surface area contributed by atoms with Gasteiger partial charge in [0.15, 0.2) is 5.82 Å². The lowest BCUT2D eigenvalue weighted by atomic mass is 10.1. The highest BCUT2D eigenvalue weighted by molar-refractivity contribution is 6.35. The fourth-order valence-electron chi connectivity index (χ4n) is 1.98. The Labute approximate surface area is 128 Å². The van der Waals surface area contributed by atoms with Gasteiger partial charge in [-0.1, -0.05) is 41.3 Å². The summed E-state index contributed by atoms with van der Waals surface area (Å²) in [7, 11) is 0. The summed E-state index contributed by atoms with van der Waals surface area (Å²) in [6.45, 7) is 6.00. The molecule has 20 heavy (non-hydrogen) atoms. The van der Waals surface area contributed by atoms with Crippen LogP contribution in [0.5, 0.6) is 0 Å². The lowest BCUT2D eigenvalue weighted by Crippen LogP contribution is -2.23. The summed E-state index contributed by atoms with van der Waals surface area (Å²) in [5.41, 5.74) is 0.984. The Hall–Kier alpha value is -1.10. The van der Waals surface area contributed by atoms with Crippen LogP contribution < -0.4 is 5.32 Å². The summed E-state index contributed by atoms with van der Waals surface area (Å²) < 4.78 is 5.23. The molecule has 1 heterocycles. The standard InChI is InChI=1S/C14H17Cl2N3O/c1-4-13-18-14(20-19-13)9(3)17-8(2)11-6-5-10(15)7-12(11)16/h5-9,17H,4H2,1-3H3/t8-,9-/m1/s1. The normalized spacial score (nSPS) is 14.2. The van der Waals surface area contributed by atoms with Crippen molar-refractivity contribution in [2.45, 2.75) is 39.3 Å². The summed E-state index contributed by atoms with van der Waals surface area (Å²) in [6, 6.07) is 5.48. The second kappa shape index (κ2) is 6.57. The van der Waals surface area contributed by atoms with E-state index in [9.17, 15) is 0 Å². The van der Waals surface area contributed by atoms with Crippen molar-refractivity contribution in [3.63, 3.8) is 0 Å². The Bertz CT molecular complexity index is 586. The van der Waals surface area contributed by atoms with Gasteiger partial charge in [-0.05, 0) is 31.5 Å². The Kier molecular flexibility index (Phi) is 5.02. The van der Waals surface area contributed by atoms with Crippen LogP contribution in [-0.4, -0.2) is 10.1 Å². The number of halogens is 2. The molecule has 108 valence electrons. The van der Waals surface area contributed by atoms with E-state index in [1.165, 1.54) is 0 Å². The Morgan fingerprint density at radius 3 is 2.60 bits per heavy atom. The van der Waals surface area contributed by atoms with Crippen molar-refractivity contribution in [3.8, 4) is 0 Å². The number of aromatic nitrogens is 2. The van der Waals surface area contributed by atoms with Crippen LogP contribution in [0.1, 0.15) is 50.1 Å². The van der Waals surface area contributed by atoms with Gasteiger partial charge in [0.1, 0.15) is 0 Å². The molecule has 2 aromatic rings. The van der Waals surface area contributed by atoms with Crippen molar-refractivity contribution in [1.29, 1.82) is 0 Å². The minimum atomic E-state index is -0.0513. The largest absolute Gasteiger partial charge is 0.338 e. The highest BCUT2D eigenvalue weighted by Gasteiger charge is 2.18. The predicted molar refractivity (Wildman–Crippen MR) is 80.1 cm³/mol. The van der Waals surface area contributed by atoms with E-state index in [0.29, 0.717) is 21.8 Å². The van der Waals surface area contributed by atoms with Crippen LogP contribution in [0.3, 0.4) is 0 Å². The number of nitrogens with zero attached hydrogens (tertiary/aromatic N) is 2. The summed E-state index contributed by atoms with van der Waals surface area (Å²) in [5, 5.41) is 8.55. The zero-order valence-electron chi connectivity index (χ0n) is 11.7. The Morgan fingerprint density at radius 2 is 2.00 bits per heavy atom. The molecule has 2 atom stereocenters. The van der Waals surface area contributed by atoms with Crippen LogP contribution in [0, 0.1) is 0 Å². The number of aryl methyl sites for hydroxylation is 1. The molecule has 0 saturated heterocycles. The Balaban J connectivity index is 2.08. The third-order valence-electron chi connectivity index (χ3n) is 3.10. The minimum absolute atomic E-state index is 0.0479. The van der Waals surface area contributed by atoms with E-state index in [1.54, 1.807) is 6.07 Å². The lowest BCUT2D eigenvalue weighted by molar-refractivity contribution is 0.325. The molecular weight excluding hydrogens is 297 g/mol. The van der Waals surface area contributed by atoms with Gasteiger partial charge in [-0.15, -0.1) is 0 Å². The predicted octanol–water partition coefficient (Wildman–Crippen LogP) is 4.35. The van der Waals surface area contributed by atoms with E-state index >= 15 is 0 Å². The summed E-state index contributed by atoms with van der Waals surface area (Å²) in [5.74, 6) is 1.30. The zero-order chi connectivity index (χ0) is 14.7. The fourth-order valence-corrected chi connectivity index (χ4v) is 2.55. The van der Waals surface area contributed by atoms with Crippen molar-refractivity contribution < 1.29 is 4.52 Å². The number of hydrogen-bond acceptors (Lipinski definition) is 4. The molecule has 0 aliphatic carbocycles. The second-order valence-corrected chi connectivity index (χ2v) is 5.52. The monoisotopic (exact) mass is 313 g/mol. The minimum Gasteiger partial charge on any atom is -0.338 e. The lowest BCUT2D eigenvalue weighted by Gasteiger charge is -2.19. The van der Waals surface area contributed by atoms with Crippen LogP contribution in [0.25, 0.3) is 0 Å². The first kappa shape index (κ1) is 15.3. The topological polar surface area (TPSA) is 51.0 Å². The number of hydrogen-bond donors (Lipinski definition) is 1. The molecule has 4 nitrogen and oxygen atoms in total. The van der Waals surface area contributed by atoms with Crippen LogP contribution in [0.2, 0.25) is 10.0 Å². The van der Waals surface area contributed by atoms with Gasteiger partial charge in [0.2, 0.25) is 5.89 Å². The fraction of sp³-hybridized carbons (Fsp3) is 0.429. The molecule has 2 rings (SSSR count). The molecule has 0 fully saturated rings. The van der Waals surface area contributed by atoms with Gasteiger partial charge in [0, 0.05) is 22.5 Å². The average molecular weight is 314 g/mol. The van der Waals surface area contributed by atoms with Crippen LogP contribution in [0.15, 0.2) is 22.7 Å². The van der Waals surface area contributed by atoms with Crippen molar-refractivity contribution in [1.82, 2.24) is 15.5 Å². The van der Waals surface area contributed by atoms with Gasteiger partial charge in [0.05, 0.1) is 6.04 Å². The van der Waals surface area contributed by atoms with E-state index in [0.717, 1.165) is 12.0 Å². The van der Waals surface area contributed by atoms with Gasteiger partial charge < -0.3 is 4.52 Å². The summed E-state index contributed by atoms with van der Waals surface area (Å²) in [6.07, 6.45) is 0.759. The first-order valence-corrected chi connectivity index (χ1v) is 7.30. The Morgan fingerprint density at radius 1 is 1.25 bits per heavy atom. The average Bonchev–Trinajstić information content (AvgIpc) is 2.87. The van der Waals surface area contributed by atoms with Crippen LogP contribution in [0.4, 0.5) is 0 Å². The zero-order valence-corrected chi connectivity index (χ0v) is 13.2. The molecule has 0 unspecified atom stereocenters. The van der Waals surface area contributed by atoms with E-state index < -0.39 is 0 Å². The molecular formula is C14H17Cl2N3O. The molecule has 0 aliphatic heterocycles. The number of benzene rings is 1. The molecule has 0 amide bonds. The molecule has 1 N–H and O–H groups in total. The highest BCUT2D eigenvalue weighted by atomic mass is 35.5. The summed E-state index contributed by atoms with van der Waals surface area (Å²) in [4.78, 5) is 4.32. The second-order valence-electron chi connectivity index (χ2n) is 4.68.